The number of nitrogens with one attached hydrogen (secondary N) is 1. The molecule has 2 nitrogen and oxygen atoms in total. The number of hydrogen-bond acceptors (Lipinski definition) is 3. The zero-order valence-corrected chi connectivity index (χ0v) is 11.5. The molecule has 0 amide bonds. The maximum Gasteiger partial charge on any atom is 0.131 e. The van der Waals surface area contributed by atoms with E-state index in [2.05, 4.69) is 16.3 Å². The van der Waals surface area contributed by atoms with Gasteiger partial charge in [-0.2, -0.15) is 0 Å². The van der Waals surface area contributed by atoms with Crippen LogP contribution in [0.3, 0.4) is 0 Å². The van der Waals surface area contributed by atoms with Crippen LogP contribution in [-0.2, 0) is 6.54 Å². The Bertz CT molecular complexity index is 547. The van der Waals surface area contributed by atoms with Crippen LogP contribution in [0.1, 0.15) is 4.88 Å². The fourth-order valence-electron chi connectivity index (χ4n) is 2.36. The summed E-state index contributed by atoms with van der Waals surface area (Å²) in [7, 11) is 0. The minimum absolute atomic E-state index is 0.141. The molecule has 1 N–H and O–H groups in total. The van der Waals surface area contributed by atoms with Gasteiger partial charge in [-0.1, -0.05) is 18.2 Å². The van der Waals surface area contributed by atoms with Crippen LogP contribution >= 0.6 is 11.3 Å². The Morgan fingerprint density at radius 2 is 1.89 bits per heavy atom. The molecule has 19 heavy (non-hydrogen) atoms. The number of hydrogen-bond donors (Lipinski definition) is 1. The third kappa shape index (κ3) is 3.03. The van der Waals surface area contributed by atoms with Crippen LogP contribution in [0.25, 0.3) is 10.4 Å². The third-order valence-electron chi connectivity index (χ3n) is 3.39. The highest BCUT2D eigenvalue weighted by Crippen LogP contribution is 2.30. The Morgan fingerprint density at radius 1 is 1.11 bits per heavy atom. The van der Waals surface area contributed by atoms with Gasteiger partial charge in [0.1, 0.15) is 5.82 Å². The lowest BCUT2D eigenvalue weighted by Gasteiger charge is -2.26. The van der Waals surface area contributed by atoms with E-state index in [0.29, 0.717) is 5.56 Å². The highest BCUT2D eigenvalue weighted by Gasteiger charge is 2.12. The third-order valence-corrected chi connectivity index (χ3v) is 4.49. The van der Waals surface area contributed by atoms with E-state index in [1.165, 1.54) is 10.9 Å². The van der Waals surface area contributed by atoms with Crippen molar-refractivity contribution < 1.29 is 4.39 Å². The van der Waals surface area contributed by atoms with Gasteiger partial charge in [0.15, 0.2) is 0 Å². The van der Waals surface area contributed by atoms with Crippen molar-refractivity contribution in [1.29, 1.82) is 0 Å². The van der Waals surface area contributed by atoms with Gasteiger partial charge >= 0.3 is 0 Å². The van der Waals surface area contributed by atoms with E-state index in [1.807, 2.05) is 18.2 Å². The normalized spacial score (nSPS) is 16.7. The van der Waals surface area contributed by atoms with E-state index in [9.17, 15) is 4.39 Å². The lowest BCUT2D eigenvalue weighted by molar-refractivity contribution is 0.235. The molecule has 0 unspecified atom stereocenters. The van der Waals surface area contributed by atoms with E-state index in [-0.39, 0.29) is 5.82 Å². The second-order valence-corrected chi connectivity index (χ2v) is 5.94. The monoisotopic (exact) mass is 276 g/mol. The van der Waals surface area contributed by atoms with E-state index in [4.69, 9.17) is 0 Å². The molecule has 0 aliphatic carbocycles. The average Bonchev–Trinajstić information content (AvgIpc) is 2.89. The Kier molecular flexibility index (Phi) is 3.92. The summed E-state index contributed by atoms with van der Waals surface area (Å²) >= 11 is 1.69. The van der Waals surface area contributed by atoms with E-state index >= 15 is 0 Å². The number of nitrogens with zero attached hydrogens (tertiary/aromatic N) is 1. The fraction of sp³-hybridized carbons (Fsp3) is 0.333. The Balaban J connectivity index is 1.74. The number of piperazine rings is 1. The van der Waals surface area contributed by atoms with Crippen molar-refractivity contribution in [2.24, 2.45) is 0 Å². The molecule has 0 atom stereocenters. The summed E-state index contributed by atoms with van der Waals surface area (Å²) in [5.74, 6) is -0.141. The van der Waals surface area contributed by atoms with Crippen molar-refractivity contribution in [2.75, 3.05) is 26.2 Å². The zero-order valence-electron chi connectivity index (χ0n) is 10.7. The van der Waals surface area contributed by atoms with Gasteiger partial charge in [-0.05, 0) is 18.2 Å². The van der Waals surface area contributed by atoms with Crippen molar-refractivity contribution in [3.63, 3.8) is 0 Å². The van der Waals surface area contributed by atoms with Gasteiger partial charge in [0.05, 0.1) is 0 Å². The molecule has 100 valence electrons. The van der Waals surface area contributed by atoms with Crippen molar-refractivity contribution in [2.45, 2.75) is 6.54 Å². The predicted molar refractivity (Wildman–Crippen MR) is 77.9 cm³/mol. The summed E-state index contributed by atoms with van der Waals surface area (Å²) in [5.41, 5.74) is 0.707. The molecule has 0 saturated carbocycles. The predicted octanol–water partition coefficient (Wildman–Crippen LogP) is 2.96. The van der Waals surface area contributed by atoms with Crippen molar-refractivity contribution >= 4 is 11.3 Å². The smallest absolute Gasteiger partial charge is 0.131 e. The number of benzene rings is 1. The topological polar surface area (TPSA) is 15.3 Å². The van der Waals surface area contributed by atoms with Crippen molar-refractivity contribution in [3.05, 3.63) is 47.1 Å². The van der Waals surface area contributed by atoms with Gasteiger partial charge in [-0.3, -0.25) is 4.90 Å². The molecular weight excluding hydrogens is 259 g/mol. The SMILES string of the molecule is Fc1ccccc1-c1ccc(CN2CCNCC2)s1. The molecule has 1 aromatic heterocycles. The fourth-order valence-corrected chi connectivity index (χ4v) is 3.44. The molecule has 0 spiro atoms. The minimum Gasteiger partial charge on any atom is -0.314 e. The first kappa shape index (κ1) is 12.8. The summed E-state index contributed by atoms with van der Waals surface area (Å²) in [6.45, 7) is 5.28. The van der Waals surface area contributed by atoms with E-state index in [1.54, 1.807) is 17.4 Å². The first-order chi connectivity index (χ1) is 9.33. The van der Waals surface area contributed by atoms with Crippen LogP contribution < -0.4 is 5.32 Å². The summed E-state index contributed by atoms with van der Waals surface area (Å²) < 4.78 is 13.7. The largest absolute Gasteiger partial charge is 0.314 e. The molecule has 4 heteroatoms. The highest BCUT2D eigenvalue weighted by atomic mass is 32.1. The van der Waals surface area contributed by atoms with Gasteiger partial charge in [-0.15, -0.1) is 11.3 Å². The van der Waals surface area contributed by atoms with Crippen molar-refractivity contribution in [1.82, 2.24) is 10.2 Å². The molecular formula is C15H17FN2S. The molecule has 1 saturated heterocycles. The molecule has 1 aliphatic rings. The van der Waals surface area contributed by atoms with E-state index < -0.39 is 0 Å². The van der Waals surface area contributed by atoms with Crippen molar-refractivity contribution in [3.8, 4) is 10.4 Å². The van der Waals surface area contributed by atoms with Gasteiger partial charge in [0, 0.05) is 48.0 Å². The van der Waals surface area contributed by atoms with Crippen LogP contribution in [0, 0.1) is 5.82 Å². The van der Waals surface area contributed by atoms with Gasteiger partial charge < -0.3 is 5.32 Å². The van der Waals surface area contributed by atoms with Crippen LogP contribution in [0.2, 0.25) is 0 Å². The van der Waals surface area contributed by atoms with Crippen LogP contribution in [0.4, 0.5) is 4.39 Å². The number of rotatable bonds is 3. The molecule has 2 aromatic rings. The Labute approximate surface area is 116 Å². The minimum atomic E-state index is -0.141. The first-order valence-corrected chi connectivity index (χ1v) is 7.41. The first-order valence-electron chi connectivity index (χ1n) is 6.59. The maximum atomic E-state index is 13.7. The lowest BCUT2D eigenvalue weighted by Crippen LogP contribution is -2.42. The summed E-state index contributed by atoms with van der Waals surface area (Å²) in [6.07, 6.45) is 0. The molecule has 1 aromatic carbocycles. The average molecular weight is 276 g/mol. The van der Waals surface area contributed by atoms with Gasteiger partial charge in [0.2, 0.25) is 0 Å². The van der Waals surface area contributed by atoms with E-state index in [0.717, 1.165) is 37.6 Å². The summed E-state index contributed by atoms with van der Waals surface area (Å²) in [6, 6.07) is 11.1. The molecule has 3 rings (SSSR count). The number of halogens is 1. The highest BCUT2D eigenvalue weighted by molar-refractivity contribution is 7.15. The van der Waals surface area contributed by atoms with Crippen LogP contribution in [0.5, 0.6) is 0 Å². The van der Waals surface area contributed by atoms with Gasteiger partial charge in [-0.25, -0.2) is 4.39 Å². The molecule has 1 fully saturated rings. The number of thiophene rings is 1. The zero-order chi connectivity index (χ0) is 13.1. The summed E-state index contributed by atoms with van der Waals surface area (Å²) in [4.78, 5) is 4.76. The second-order valence-electron chi connectivity index (χ2n) is 4.77. The maximum absolute atomic E-state index is 13.7. The Hall–Kier alpha value is -1.23. The molecule has 1 aliphatic heterocycles. The molecule has 0 radical (unpaired) electrons. The molecule has 0 bridgehead atoms. The Morgan fingerprint density at radius 3 is 2.68 bits per heavy atom. The van der Waals surface area contributed by atoms with Gasteiger partial charge in [0.25, 0.3) is 0 Å². The quantitative estimate of drug-likeness (QED) is 0.927. The van der Waals surface area contributed by atoms with Crippen LogP contribution in [-0.4, -0.2) is 31.1 Å². The second kappa shape index (κ2) is 5.82. The summed E-state index contributed by atoms with van der Waals surface area (Å²) in [5, 5.41) is 3.35. The lowest BCUT2D eigenvalue weighted by atomic mass is 10.2. The standard InChI is InChI=1S/C15H17FN2S/c16-14-4-2-1-3-13(14)15-6-5-12(19-15)11-18-9-7-17-8-10-18/h1-6,17H,7-11H2. The van der Waals surface area contributed by atoms with Crippen LogP contribution in [0.15, 0.2) is 36.4 Å². The molecule has 2 heterocycles.